The molecule has 3 nitrogen and oxygen atoms in total. The number of rotatable bonds is 5. The summed E-state index contributed by atoms with van der Waals surface area (Å²) in [5, 5.41) is 1.40. The highest BCUT2D eigenvalue weighted by Crippen LogP contribution is 2.26. The van der Waals surface area contributed by atoms with Crippen molar-refractivity contribution in [2.24, 2.45) is 0 Å². The molecule has 0 saturated carbocycles. The Morgan fingerprint density at radius 2 is 2.04 bits per heavy atom. The van der Waals surface area contributed by atoms with Gasteiger partial charge >= 0.3 is 0 Å². The van der Waals surface area contributed by atoms with Crippen LogP contribution in [0.3, 0.4) is 0 Å². The van der Waals surface area contributed by atoms with Crippen molar-refractivity contribution in [1.82, 2.24) is 4.98 Å². The highest BCUT2D eigenvalue weighted by Gasteiger charge is 2.10. The number of thiazole rings is 1. The number of methoxy groups -OCH3 is 1. The van der Waals surface area contributed by atoms with E-state index in [1.54, 1.807) is 25.3 Å². The summed E-state index contributed by atoms with van der Waals surface area (Å²) in [7, 11) is 1.61. The van der Waals surface area contributed by atoms with E-state index in [1.807, 2.05) is 36.4 Å². The number of allylic oxidation sites excluding steroid dienone is 1. The first-order valence-electron chi connectivity index (χ1n) is 7.16. The molecule has 0 unspecified atom stereocenters. The zero-order valence-electron chi connectivity index (χ0n) is 12.8. The van der Waals surface area contributed by atoms with Gasteiger partial charge in [0.15, 0.2) is 5.78 Å². The fourth-order valence-corrected chi connectivity index (χ4v) is 2.98. The second-order valence-electron chi connectivity index (χ2n) is 4.94. The van der Waals surface area contributed by atoms with Crippen molar-refractivity contribution in [2.75, 3.05) is 7.11 Å². The second-order valence-corrected chi connectivity index (χ2v) is 6.38. The van der Waals surface area contributed by atoms with Crippen LogP contribution < -0.4 is 4.74 Å². The fraction of sp³-hybridized carbons (Fsp3) is 0.0526. The molecule has 0 saturated heterocycles. The number of carbonyl (C=O) groups excluding carboxylic acids is 1. The van der Waals surface area contributed by atoms with Crippen molar-refractivity contribution in [3.8, 4) is 16.3 Å². The molecule has 0 fully saturated rings. The van der Waals surface area contributed by atoms with Crippen molar-refractivity contribution >= 4 is 34.8 Å². The van der Waals surface area contributed by atoms with Gasteiger partial charge < -0.3 is 4.74 Å². The van der Waals surface area contributed by atoms with Gasteiger partial charge in [-0.3, -0.25) is 4.79 Å². The molecule has 0 N–H and O–H groups in total. The van der Waals surface area contributed by atoms with E-state index in [9.17, 15) is 4.79 Å². The Bertz CT molecular complexity index is 884. The number of nitrogens with zero attached hydrogens (tertiary/aromatic N) is 1. The molecule has 0 spiro atoms. The first kappa shape index (κ1) is 16.4. The summed E-state index contributed by atoms with van der Waals surface area (Å²) in [6, 6.07) is 14.8. The van der Waals surface area contributed by atoms with Crippen molar-refractivity contribution in [3.05, 3.63) is 76.3 Å². The van der Waals surface area contributed by atoms with Crippen LogP contribution in [-0.2, 0) is 0 Å². The predicted octanol–water partition coefficient (Wildman–Crippen LogP) is 5.17. The van der Waals surface area contributed by atoms with E-state index >= 15 is 0 Å². The lowest BCUT2D eigenvalue weighted by atomic mass is 10.2. The Balaban J connectivity index is 1.76. The molecule has 0 atom stereocenters. The third-order valence-corrected chi connectivity index (χ3v) is 4.56. The lowest BCUT2D eigenvalue weighted by Gasteiger charge is -1.99. The molecule has 1 heterocycles. The molecule has 0 aliphatic rings. The third-order valence-electron chi connectivity index (χ3n) is 3.29. The summed E-state index contributed by atoms with van der Waals surface area (Å²) >= 11 is 7.19. The molecule has 0 bridgehead atoms. The maximum atomic E-state index is 12.3. The van der Waals surface area contributed by atoms with Crippen LogP contribution in [0.2, 0.25) is 5.02 Å². The third kappa shape index (κ3) is 3.91. The number of aromatic nitrogens is 1. The van der Waals surface area contributed by atoms with E-state index in [1.165, 1.54) is 17.4 Å². The van der Waals surface area contributed by atoms with E-state index in [4.69, 9.17) is 16.3 Å². The van der Waals surface area contributed by atoms with Crippen LogP contribution in [0, 0.1) is 6.20 Å². The first-order valence-corrected chi connectivity index (χ1v) is 8.36. The molecule has 3 aromatic rings. The summed E-state index contributed by atoms with van der Waals surface area (Å²) in [5.41, 5.74) is 1.81. The van der Waals surface area contributed by atoms with Crippen LogP contribution >= 0.6 is 22.9 Å². The SMILES string of the molecule is COc1cccc(C=CC(=O)c2[c]nc(-c3ccc(Cl)cc3)s2)c1. The van der Waals surface area contributed by atoms with Crippen LogP contribution in [0.1, 0.15) is 15.2 Å². The topological polar surface area (TPSA) is 39.2 Å². The van der Waals surface area contributed by atoms with Gasteiger partial charge in [-0.1, -0.05) is 41.9 Å². The maximum absolute atomic E-state index is 12.3. The summed E-state index contributed by atoms with van der Waals surface area (Å²) in [5.74, 6) is 0.620. The second kappa shape index (κ2) is 7.43. The Labute approximate surface area is 149 Å². The lowest BCUT2D eigenvalue weighted by Crippen LogP contribution is -1.89. The molecule has 3 rings (SSSR count). The van der Waals surface area contributed by atoms with Crippen LogP contribution in [0.4, 0.5) is 0 Å². The Morgan fingerprint density at radius 1 is 1.25 bits per heavy atom. The van der Waals surface area contributed by atoms with Gasteiger partial charge in [0.2, 0.25) is 0 Å². The average molecular weight is 355 g/mol. The quantitative estimate of drug-likeness (QED) is 0.468. The molecule has 0 aliphatic heterocycles. The van der Waals surface area contributed by atoms with Crippen molar-refractivity contribution in [2.45, 2.75) is 0 Å². The smallest absolute Gasteiger partial charge is 0.198 e. The molecular weight excluding hydrogens is 342 g/mol. The molecule has 1 radical (unpaired) electrons. The van der Waals surface area contributed by atoms with Gasteiger partial charge in [-0.25, -0.2) is 4.98 Å². The van der Waals surface area contributed by atoms with Crippen LogP contribution in [0.25, 0.3) is 16.6 Å². The molecule has 2 aromatic carbocycles. The molecule has 5 heteroatoms. The van der Waals surface area contributed by atoms with E-state index < -0.39 is 0 Å². The van der Waals surface area contributed by atoms with Crippen molar-refractivity contribution < 1.29 is 9.53 Å². The number of ketones is 1. The number of hydrogen-bond acceptors (Lipinski definition) is 4. The van der Waals surface area contributed by atoms with E-state index in [2.05, 4.69) is 11.2 Å². The zero-order chi connectivity index (χ0) is 16.9. The Morgan fingerprint density at radius 3 is 2.79 bits per heavy atom. The Kier molecular flexibility index (Phi) is 5.08. The number of benzene rings is 2. The van der Waals surface area contributed by atoms with E-state index in [0.29, 0.717) is 9.90 Å². The standard InChI is InChI=1S/C19H13ClNO2S/c1-23-16-4-2-3-13(11-16)5-10-17(22)18-12-21-19(24-18)14-6-8-15(20)9-7-14/h2-11H,1H3. The van der Waals surface area contributed by atoms with E-state index in [0.717, 1.165) is 21.9 Å². The average Bonchev–Trinajstić information content (AvgIpc) is 3.10. The van der Waals surface area contributed by atoms with Crippen molar-refractivity contribution in [1.29, 1.82) is 0 Å². The molecule has 0 amide bonds. The predicted molar refractivity (Wildman–Crippen MR) is 97.8 cm³/mol. The molecule has 1 aromatic heterocycles. The largest absolute Gasteiger partial charge is 0.497 e. The first-order chi connectivity index (χ1) is 11.7. The number of halogens is 1. The molecule has 0 aliphatic carbocycles. The van der Waals surface area contributed by atoms with Gasteiger partial charge in [-0.05, 0) is 35.9 Å². The van der Waals surface area contributed by atoms with Gasteiger partial charge in [-0.15, -0.1) is 11.3 Å². The zero-order valence-corrected chi connectivity index (χ0v) is 14.4. The summed E-state index contributed by atoms with van der Waals surface area (Å²) in [6.07, 6.45) is 6.06. The minimum absolute atomic E-state index is 0.129. The maximum Gasteiger partial charge on any atom is 0.198 e. The highest BCUT2D eigenvalue weighted by atomic mass is 35.5. The minimum atomic E-state index is -0.129. The van der Waals surface area contributed by atoms with Gasteiger partial charge in [0.1, 0.15) is 21.8 Å². The highest BCUT2D eigenvalue weighted by molar-refractivity contribution is 7.17. The van der Waals surface area contributed by atoms with Gasteiger partial charge in [0, 0.05) is 10.6 Å². The lowest BCUT2D eigenvalue weighted by molar-refractivity contribution is 0.105. The summed E-state index contributed by atoms with van der Waals surface area (Å²) < 4.78 is 5.16. The van der Waals surface area contributed by atoms with Crippen LogP contribution in [0.15, 0.2) is 54.6 Å². The van der Waals surface area contributed by atoms with Crippen LogP contribution in [-0.4, -0.2) is 17.9 Å². The normalized spacial score (nSPS) is 10.9. The van der Waals surface area contributed by atoms with E-state index in [-0.39, 0.29) is 5.78 Å². The molecular formula is C19H13ClNO2S. The molecule has 24 heavy (non-hydrogen) atoms. The number of hydrogen-bond donors (Lipinski definition) is 0. The van der Waals surface area contributed by atoms with Gasteiger partial charge in [0.25, 0.3) is 0 Å². The summed E-state index contributed by atoms with van der Waals surface area (Å²) in [6.45, 7) is 0. The van der Waals surface area contributed by atoms with Gasteiger partial charge in [-0.2, -0.15) is 0 Å². The molecule has 119 valence electrons. The number of ether oxygens (including phenoxy) is 1. The minimum Gasteiger partial charge on any atom is -0.497 e. The monoisotopic (exact) mass is 354 g/mol. The Hall–Kier alpha value is -2.43. The van der Waals surface area contributed by atoms with Gasteiger partial charge in [0.05, 0.1) is 7.11 Å². The van der Waals surface area contributed by atoms with Crippen LogP contribution in [0.5, 0.6) is 5.75 Å². The fourth-order valence-electron chi connectivity index (χ4n) is 2.06. The summed E-state index contributed by atoms with van der Waals surface area (Å²) in [4.78, 5) is 16.9. The van der Waals surface area contributed by atoms with Crippen molar-refractivity contribution in [3.63, 3.8) is 0 Å². The number of carbonyl (C=O) groups is 1.